The summed E-state index contributed by atoms with van der Waals surface area (Å²) in [6.07, 6.45) is 0. The van der Waals surface area contributed by atoms with E-state index >= 15 is 0 Å². The van der Waals surface area contributed by atoms with Gasteiger partial charge in [0.05, 0.1) is 14.2 Å². The van der Waals surface area contributed by atoms with Gasteiger partial charge in [0.1, 0.15) is 0 Å². The van der Waals surface area contributed by atoms with Gasteiger partial charge in [-0.1, -0.05) is 48.5 Å². The molecule has 0 atom stereocenters. The lowest BCUT2D eigenvalue weighted by atomic mass is 9.58. The number of benzene rings is 2. The molecule has 0 saturated carbocycles. The number of carbonyl (C=O) groups is 2. The van der Waals surface area contributed by atoms with Crippen LogP contribution in [0.2, 0.25) is 0 Å². The van der Waals surface area contributed by atoms with Gasteiger partial charge in [-0.15, -0.1) is 0 Å². The molecular formula is C22H16O4. The number of ether oxygens (including phenoxy) is 2. The lowest BCUT2D eigenvalue weighted by Gasteiger charge is -2.43. The molecule has 2 aromatic carbocycles. The second-order valence-corrected chi connectivity index (χ2v) is 6.68. The van der Waals surface area contributed by atoms with Crippen molar-refractivity contribution in [3.63, 3.8) is 0 Å². The van der Waals surface area contributed by atoms with Crippen molar-refractivity contribution in [3.05, 3.63) is 93.4 Å². The highest BCUT2D eigenvalue weighted by Crippen LogP contribution is 2.57. The number of Topliss-reactive ketones (excluding diaryl/α,β-unsaturated/α-hetero) is 2. The summed E-state index contributed by atoms with van der Waals surface area (Å²) < 4.78 is 10.5. The molecule has 0 unspecified atom stereocenters. The summed E-state index contributed by atoms with van der Waals surface area (Å²) >= 11 is 0. The molecule has 2 aromatic rings. The molecule has 0 aromatic heterocycles. The maximum absolute atomic E-state index is 13.2. The number of hydrogen-bond donors (Lipinski definition) is 0. The van der Waals surface area contributed by atoms with E-state index in [4.69, 9.17) is 9.47 Å². The Balaban J connectivity index is 1.85. The van der Waals surface area contributed by atoms with Crippen molar-refractivity contribution in [2.24, 2.45) is 0 Å². The molecule has 0 heterocycles. The van der Waals surface area contributed by atoms with Gasteiger partial charge in [-0.2, -0.15) is 0 Å². The predicted molar refractivity (Wildman–Crippen MR) is 94.7 cm³/mol. The van der Waals surface area contributed by atoms with E-state index < -0.39 is 0 Å². The van der Waals surface area contributed by atoms with E-state index in [2.05, 4.69) is 0 Å². The number of allylic oxidation sites excluding steroid dienone is 2. The molecule has 0 N–H and O–H groups in total. The smallest absolute Gasteiger partial charge is 0.229 e. The molecule has 0 amide bonds. The van der Waals surface area contributed by atoms with E-state index in [1.165, 1.54) is 14.2 Å². The summed E-state index contributed by atoms with van der Waals surface area (Å²) in [4.78, 5) is 26.5. The second-order valence-electron chi connectivity index (χ2n) is 6.68. The summed E-state index contributed by atoms with van der Waals surface area (Å²) in [6, 6.07) is 16.1. The zero-order chi connectivity index (χ0) is 18.0. The minimum atomic E-state index is -0.252. The van der Waals surface area contributed by atoms with Crippen LogP contribution in [0.3, 0.4) is 0 Å². The Hall–Kier alpha value is -3.14. The fraction of sp³-hybridized carbons (Fsp3) is 0.182. The quantitative estimate of drug-likeness (QED) is 0.785. The zero-order valence-electron chi connectivity index (χ0n) is 14.4. The van der Waals surface area contributed by atoms with Gasteiger partial charge in [0.25, 0.3) is 0 Å². The standard InChI is InChI=1S/C22H16O4/c1-25-21-19(23)17-15-11-7-3-5-9-13(11)16(14-10-6-4-8-12(14)15)18(17)20(24)22(21)26-2/h3-10,15-16H,1-2H3. The Kier molecular flexibility index (Phi) is 3.02. The summed E-state index contributed by atoms with van der Waals surface area (Å²) in [6.45, 7) is 0. The lowest BCUT2D eigenvalue weighted by Crippen LogP contribution is -2.38. The zero-order valence-corrected chi connectivity index (χ0v) is 14.4. The molecule has 4 nitrogen and oxygen atoms in total. The van der Waals surface area contributed by atoms with E-state index in [1.807, 2.05) is 48.5 Å². The monoisotopic (exact) mass is 344 g/mol. The van der Waals surface area contributed by atoms with Gasteiger partial charge >= 0.3 is 0 Å². The van der Waals surface area contributed by atoms with Crippen LogP contribution in [0.25, 0.3) is 0 Å². The molecular weight excluding hydrogens is 328 g/mol. The summed E-state index contributed by atoms with van der Waals surface area (Å²) in [7, 11) is 2.79. The molecule has 0 radical (unpaired) electrons. The third-order valence-electron chi connectivity index (χ3n) is 5.62. The maximum Gasteiger partial charge on any atom is 0.229 e. The number of rotatable bonds is 2. The minimum absolute atomic E-state index is 0.00115. The van der Waals surface area contributed by atoms with E-state index in [0.717, 1.165) is 22.3 Å². The Morgan fingerprint density at radius 1 is 0.615 bits per heavy atom. The van der Waals surface area contributed by atoms with Crippen LogP contribution in [0.5, 0.6) is 0 Å². The first-order chi connectivity index (χ1) is 12.7. The average molecular weight is 344 g/mol. The van der Waals surface area contributed by atoms with Crippen molar-refractivity contribution >= 4 is 11.6 Å². The molecule has 0 saturated heterocycles. The van der Waals surface area contributed by atoms with Gasteiger partial charge in [0.15, 0.2) is 0 Å². The van der Waals surface area contributed by atoms with Crippen molar-refractivity contribution in [1.82, 2.24) is 0 Å². The molecule has 4 aliphatic carbocycles. The van der Waals surface area contributed by atoms with Crippen molar-refractivity contribution in [3.8, 4) is 0 Å². The Morgan fingerprint density at radius 3 is 1.19 bits per heavy atom. The van der Waals surface area contributed by atoms with Crippen molar-refractivity contribution in [2.75, 3.05) is 14.2 Å². The van der Waals surface area contributed by atoms with Crippen molar-refractivity contribution in [1.29, 1.82) is 0 Å². The number of carbonyl (C=O) groups excluding carboxylic acids is 2. The van der Waals surface area contributed by atoms with Crippen LogP contribution in [0.1, 0.15) is 34.1 Å². The van der Waals surface area contributed by atoms with Crippen LogP contribution < -0.4 is 0 Å². The summed E-state index contributed by atoms with van der Waals surface area (Å²) in [5, 5.41) is 0. The Labute approximate surface area is 150 Å². The highest BCUT2D eigenvalue weighted by atomic mass is 16.5. The normalized spacial score (nSPS) is 22.8. The molecule has 6 rings (SSSR count). The second kappa shape index (κ2) is 5.18. The number of ketones is 2. The number of hydrogen-bond acceptors (Lipinski definition) is 4. The van der Waals surface area contributed by atoms with Crippen LogP contribution >= 0.6 is 0 Å². The lowest BCUT2D eigenvalue weighted by molar-refractivity contribution is -0.121. The molecule has 0 aliphatic heterocycles. The Morgan fingerprint density at radius 2 is 0.923 bits per heavy atom. The van der Waals surface area contributed by atoms with Gasteiger partial charge in [0.2, 0.25) is 23.1 Å². The van der Waals surface area contributed by atoms with Crippen LogP contribution in [-0.4, -0.2) is 25.8 Å². The third-order valence-corrected chi connectivity index (χ3v) is 5.62. The van der Waals surface area contributed by atoms with Crippen LogP contribution in [0, 0.1) is 0 Å². The van der Waals surface area contributed by atoms with Gasteiger partial charge in [-0.3, -0.25) is 9.59 Å². The maximum atomic E-state index is 13.2. The van der Waals surface area contributed by atoms with Crippen molar-refractivity contribution < 1.29 is 19.1 Å². The first-order valence-electron chi connectivity index (χ1n) is 8.52. The van der Waals surface area contributed by atoms with Crippen LogP contribution in [-0.2, 0) is 19.1 Å². The van der Waals surface area contributed by atoms with Crippen LogP contribution in [0.15, 0.2) is 71.2 Å². The van der Waals surface area contributed by atoms with Gasteiger partial charge in [0, 0.05) is 23.0 Å². The van der Waals surface area contributed by atoms with E-state index in [1.54, 1.807) is 0 Å². The summed E-state index contributed by atoms with van der Waals surface area (Å²) in [5.74, 6) is -1.00. The molecule has 4 heteroatoms. The fourth-order valence-corrected chi connectivity index (χ4v) is 4.67. The highest BCUT2D eigenvalue weighted by Gasteiger charge is 2.51. The minimum Gasteiger partial charge on any atom is -0.489 e. The molecule has 128 valence electrons. The van der Waals surface area contributed by atoms with Gasteiger partial charge in [-0.05, 0) is 22.3 Å². The van der Waals surface area contributed by atoms with E-state index in [9.17, 15) is 9.59 Å². The molecule has 26 heavy (non-hydrogen) atoms. The Bertz CT molecular complexity index is 928. The highest BCUT2D eigenvalue weighted by molar-refractivity contribution is 6.26. The van der Waals surface area contributed by atoms with Crippen molar-refractivity contribution in [2.45, 2.75) is 11.8 Å². The molecule has 2 bridgehead atoms. The van der Waals surface area contributed by atoms with Gasteiger partial charge < -0.3 is 9.47 Å². The van der Waals surface area contributed by atoms with E-state index in [0.29, 0.717) is 11.1 Å². The van der Waals surface area contributed by atoms with Crippen LogP contribution in [0.4, 0.5) is 0 Å². The van der Waals surface area contributed by atoms with E-state index in [-0.39, 0.29) is 34.9 Å². The molecule has 0 fully saturated rings. The predicted octanol–water partition coefficient (Wildman–Crippen LogP) is 3.23. The largest absolute Gasteiger partial charge is 0.489 e. The topological polar surface area (TPSA) is 52.6 Å². The number of methoxy groups -OCH3 is 2. The molecule has 0 spiro atoms. The first-order valence-corrected chi connectivity index (χ1v) is 8.52. The molecule has 4 aliphatic rings. The SMILES string of the molecule is COC1=C(OC)C(=O)C2=C(C1=O)C1c3ccccc3C2c2ccccc21. The summed E-state index contributed by atoms with van der Waals surface area (Å²) in [5.41, 5.74) is 5.43. The average Bonchev–Trinajstić information content (AvgIpc) is 2.69. The van der Waals surface area contributed by atoms with Gasteiger partial charge in [-0.25, -0.2) is 0 Å². The third kappa shape index (κ3) is 1.64. The first kappa shape index (κ1) is 15.1. The fourth-order valence-electron chi connectivity index (χ4n) is 4.67.